The zero-order valence-corrected chi connectivity index (χ0v) is 30.7. The van der Waals surface area contributed by atoms with Gasteiger partial charge in [-0.2, -0.15) is 13.0 Å². The maximum absolute atomic E-state index is 14.5. The number of esters is 1. The zero-order valence-electron chi connectivity index (χ0n) is 29.8. The molecule has 3 aromatic carbocycles. The van der Waals surface area contributed by atoms with Gasteiger partial charge in [0, 0.05) is 32.8 Å². The number of fused-ring (bicyclic) bond motifs is 2. The summed E-state index contributed by atoms with van der Waals surface area (Å²) < 4.78 is 73.8. The summed E-state index contributed by atoms with van der Waals surface area (Å²) in [5.41, 5.74) is 2.44. The number of carbonyl (C=O) groups excluding carboxylic acids is 1. The molecule has 52 heavy (non-hydrogen) atoms. The third kappa shape index (κ3) is 11.1. The number of benzene rings is 3. The average molecular weight is 745 g/mol. The molecule has 1 heterocycles. The number of aromatic nitrogens is 1. The number of carboxylic acids is 1. The van der Waals surface area contributed by atoms with E-state index in [1.54, 1.807) is 57.5 Å². The molecule has 0 saturated heterocycles. The number of hydrogen-bond acceptors (Lipinski definition) is 11. The third-order valence-corrected chi connectivity index (χ3v) is 8.88. The van der Waals surface area contributed by atoms with Crippen molar-refractivity contribution < 1.29 is 65.4 Å². The Balaban J connectivity index is 1.86. The lowest BCUT2D eigenvalue weighted by atomic mass is 10.00. The smallest absolute Gasteiger partial charge is 0.345 e. The summed E-state index contributed by atoms with van der Waals surface area (Å²) in [6.07, 6.45) is 0.490. The molecule has 15 heteroatoms. The van der Waals surface area contributed by atoms with Gasteiger partial charge in [0.05, 0.1) is 67.3 Å². The maximum atomic E-state index is 14.5. The zero-order chi connectivity index (χ0) is 37.7. The Morgan fingerprint density at radius 2 is 1.31 bits per heavy atom. The summed E-state index contributed by atoms with van der Waals surface area (Å²) in [4.78, 5) is 26.2. The fraction of sp³-hybridized carbons (Fsp3) is 0.432. The molecule has 0 bridgehead atoms. The lowest BCUT2D eigenvalue weighted by Crippen LogP contribution is -2.37. The van der Waals surface area contributed by atoms with E-state index >= 15 is 0 Å². The van der Waals surface area contributed by atoms with Crippen LogP contribution in [0.25, 0.3) is 21.8 Å². The van der Waals surface area contributed by atoms with Crippen LogP contribution in [0.1, 0.15) is 45.2 Å². The Labute approximate surface area is 302 Å². The molecule has 2 N–H and O–H groups in total. The molecule has 0 radical (unpaired) electrons. The molecule has 0 aliphatic carbocycles. The highest BCUT2D eigenvalue weighted by molar-refractivity contribution is 7.85. The van der Waals surface area contributed by atoms with Crippen LogP contribution in [0, 0.1) is 6.92 Å². The second kappa shape index (κ2) is 19.5. The van der Waals surface area contributed by atoms with Gasteiger partial charge in [0.2, 0.25) is 11.0 Å². The van der Waals surface area contributed by atoms with Crippen molar-refractivity contribution in [2.24, 2.45) is 0 Å². The van der Waals surface area contributed by atoms with E-state index in [1.807, 2.05) is 11.5 Å². The Hall–Kier alpha value is -4.38. The molecule has 0 aliphatic heterocycles. The van der Waals surface area contributed by atoms with Crippen molar-refractivity contribution in [3.63, 3.8) is 0 Å². The van der Waals surface area contributed by atoms with Gasteiger partial charge in [-0.05, 0) is 60.9 Å². The minimum Gasteiger partial charge on any atom is -0.491 e. The first-order chi connectivity index (χ1) is 25.0. The predicted octanol–water partition coefficient (Wildman–Crippen LogP) is 4.43. The van der Waals surface area contributed by atoms with E-state index in [1.165, 1.54) is 12.1 Å². The third-order valence-electron chi connectivity index (χ3n) is 8.07. The molecule has 0 atom stereocenters. The summed E-state index contributed by atoms with van der Waals surface area (Å²) >= 11 is 0. The van der Waals surface area contributed by atoms with Crippen LogP contribution in [0.4, 0.5) is 0 Å². The van der Waals surface area contributed by atoms with Crippen molar-refractivity contribution in [2.75, 3.05) is 72.8 Å². The van der Waals surface area contributed by atoms with Crippen LogP contribution in [-0.4, -0.2) is 103 Å². The van der Waals surface area contributed by atoms with Crippen molar-refractivity contribution in [1.29, 1.82) is 0 Å². The second-order valence-electron chi connectivity index (χ2n) is 11.8. The summed E-state index contributed by atoms with van der Waals surface area (Å²) in [5.74, 6) is -1.13. The first-order valence-corrected chi connectivity index (χ1v) is 18.4. The molecule has 0 spiro atoms. The van der Waals surface area contributed by atoms with Gasteiger partial charge < -0.3 is 38.3 Å². The number of carboxylic acid groups (broad SMARTS) is 1. The molecule has 4 rings (SSSR count). The van der Waals surface area contributed by atoms with Crippen LogP contribution in [0.2, 0.25) is 0 Å². The Bertz CT molecular complexity index is 1890. The molecule has 0 unspecified atom stereocenters. The van der Waals surface area contributed by atoms with Crippen molar-refractivity contribution in [2.45, 2.75) is 33.2 Å². The van der Waals surface area contributed by atoms with Gasteiger partial charge >= 0.3 is 11.9 Å². The predicted molar refractivity (Wildman–Crippen MR) is 192 cm³/mol. The second-order valence-corrected chi connectivity index (χ2v) is 13.3. The standard InChI is InChI=1S/C37H45NO13S/c1-5-26-22-27(36(39)40)21-25(2)35(26)51-37(41)34-30-23-28(49-18-16-47-14-12-45-3)7-9-32(30)38(11-6-20-52(42,43)44)33-10-8-29(24-31(33)34)50-19-17-48-15-13-46-4/h7-10,21-24H,5-6,11-20H2,1-4H3,(H-,39,40,42,43,44)/p+1. The lowest BCUT2D eigenvalue weighted by Gasteiger charge is -2.16. The number of methoxy groups -OCH3 is 2. The highest BCUT2D eigenvalue weighted by Gasteiger charge is 2.28. The monoisotopic (exact) mass is 744 g/mol. The number of nitrogens with zero attached hydrogens (tertiary/aromatic N) is 1. The van der Waals surface area contributed by atoms with Crippen LogP contribution in [0.5, 0.6) is 17.2 Å². The summed E-state index contributed by atoms with van der Waals surface area (Å²) in [6, 6.07) is 13.4. The van der Waals surface area contributed by atoms with Gasteiger partial charge in [0.1, 0.15) is 30.5 Å². The molecule has 0 amide bonds. The molecule has 0 saturated carbocycles. The van der Waals surface area contributed by atoms with Gasteiger partial charge in [0.15, 0.2) is 6.54 Å². The van der Waals surface area contributed by atoms with E-state index < -0.39 is 27.8 Å². The van der Waals surface area contributed by atoms with E-state index in [0.29, 0.717) is 90.5 Å². The van der Waals surface area contributed by atoms with E-state index in [9.17, 15) is 27.7 Å². The Morgan fingerprint density at radius 3 is 1.79 bits per heavy atom. The highest BCUT2D eigenvalue weighted by Crippen LogP contribution is 2.33. The number of carbonyl (C=O) groups is 2. The number of rotatable bonds is 22. The van der Waals surface area contributed by atoms with Gasteiger partial charge in [-0.3, -0.25) is 4.55 Å². The number of ether oxygens (including phenoxy) is 7. The number of aryl methyl sites for hydroxylation is 3. The van der Waals surface area contributed by atoms with Crippen molar-refractivity contribution in [3.05, 3.63) is 70.8 Å². The Morgan fingerprint density at radius 1 is 0.769 bits per heavy atom. The van der Waals surface area contributed by atoms with Gasteiger partial charge in [-0.15, -0.1) is 0 Å². The largest absolute Gasteiger partial charge is 0.491 e. The van der Waals surface area contributed by atoms with Crippen molar-refractivity contribution in [1.82, 2.24) is 0 Å². The fourth-order valence-electron chi connectivity index (χ4n) is 5.67. The van der Waals surface area contributed by atoms with Crippen molar-refractivity contribution >= 4 is 43.9 Å². The minimum absolute atomic E-state index is 0.0803. The van der Waals surface area contributed by atoms with Crippen LogP contribution < -0.4 is 18.8 Å². The fourth-order valence-corrected chi connectivity index (χ4v) is 6.16. The molecular weight excluding hydrogens is 698 g/mol. The van der Waals surface area contributed by atoms with Crippen molar-refractivity contribution in [3.8, 4) is 17.2 Å². The number of pyridine rings is 1. The first-order valence-electron chi connectivity index (χ1n) is 16.8. The van der Waals surface area contributed by atoms with Crippen LogP contribution >= 0.6 is 0 Å². The van der Waals surface area contributed by atoms with Crippen LogP contribution in [0.15, 0.2) is 48.5 Å². The Kier molecular flexibility index (Phi) is 15.1. The van der Waals surface area contributed by atoms with E-state index in [0.717, 1.165) is 0 Å². The first kappa shape index (κ1) is 40.4. The van der Waals surface area contributed by atoms with Gasteiger partial charge in [0.25, 0.3) is 10.1 Å². The molecule has 1 aromatic heterocycles. The average Bonchev–Trinajstić information content (AvgIpc) is 3.10. The normalized spacial score (nSPS) is 11.6. The molecule has 14 nitrogen and oxygen atoms in total. The minimum atomic E-state index is -4.23. The molecule has 0 aliphatic rings. The van der Waals surface area contributed by atoms with Gasteiger partial charge in [-0.1, -0.05) is 6.92 Å². The number of hydrogen-bond donors (Lipinski definition) is 2. The molecule has 0 fully saturated rings. The molecule has 282 valence electrons. The maximum Gasteiger partial charge on any atom is 0.345 e. The summed E-state index contributed by atoms with van der Waals surface area (Å²) in [5, 5.41) is 10.5. The lowest BCUT2D eigenvalue weighted by molar-refractivity contribution is -0.645. The molecular formula is C37H46NO13S+. The van der Waals surface area contributed by atoms with Crippen LogP contribution in [-0.2, 0) is 42.0 Å². The van der Waals surface area contributed by atoms with E-state index in [4.69, 9.17) is 33.2 Å². The quantitative estimate of drug-likeness (QED) is 0.0289. The van der Waals surface area contributed by atoms with Crippen LogP contribution in [0.3, 0.4) is 0 Å². The van der Waals surface area contributed by atoms with Gasteiger partial charge in [-0.25, -0.2) is 9.59 Å². The summed E-state index contributed by atoms with van der Waals surface area (Å²) in [7, 11) is -1.07. The van der Waals surface area contributed by atoms with E-state index in [-0.39, 0.29) is 43.1 Å². The highest BCUT2D eigenvalue weighted by atomic mass is 32.2. The topological polar surface area (TPSA) is 177 Å². The molecule has 4 aromatic rings. The number of aromatic carboxylic acids is 1. The van der Waals surface area contributed by atoms with E-state index in [2.05, 4.69) is 0 Å². The summed E-state index contributed by atoms with van der Waals surface area (Å²) in [6.45, 7) is 6.42. The SMILES string of the molecule is CCc1cc(C(=O)O)cc(C)c1OC(=O)c1c2cc(OCCOCCOC)ccc2[n+](CCCS(=O)(=O)O)c2ccc(OCCOCCOC)cc12.